The van der Waals surface area contributed by atoms with Crippen molar-refractivity contribution in [1.82, 2.24) is 4.90 Å². The number of nitriles is 2. The molecule has 0 spiro atoms. The van der Waals surface area contributed by atoms with Gasteiger partial charge in [0.15, 0.2) is 6.10 Å². The van der Waals surface area contributed by atoms with Crippen molar-refractivity contribution >= 4 is 5.91 Å². The highest BCUT2D eigenvalue weighted by Gasteiger charge is 2.24. The molecule has 2 rings (SSSR count). The van der Waals surface area contributed by atoms with Crippen LogP contribution in [-0.4, -0.2) is 36.6 Å². The van der Waals surface area contributed by atoms with Crippen LogP contribution in [0.4, 0.5) is 0 Å². The molecule has 1 aliphatic heterocycles. The molecule has 0 saturated carbocycles. The average Bonchev–Trinajstić information content (AvgIpc) is 2.46. The van der Waals surface area contributed by atoms with Crippen LogP contribution in [0.5, 0.6) is 0 Å². The van der Waals surface area contributed by atoms with Gasteiger partial charge in [0.1, 0.15) is 0 Å². The molecular weight excluding hydrogens is 230 g/mol. The molecule has 5 heteroatoms. The maximum atomic E-state index is 12.1. The van der Waals surface area contributed by atoms with Gasteiger partial charge >= 0.3 is 0 Å². The Kier molecular flexibility index (Phi) is 3.57. The predicted octanol–water partition coefficient (Wildman–Crippen LogP) is 0.923. The summed E-state index contributed by atoms with van der Waals surface area (Å²) in [5.41, 5.74) is 1.04. The molecule has 18 heavy (non-hydrogen) atoms. The third-order valence-electron chi connectivity index (χ3n) is 2.76. The zero-order valence-electron chi connectivity index (χ0n) is 9.67. The highest BCUT2D eigenvalue weighted by Crippen LogP contribution is 2.11. The van der Waals surface area contributed by atoms with Gasteiger partial charge in [0, 0.05) is 12.1 Å². The quantitative estimate of drug-likeness (QED) is 0.732. The van der Waals surface area contributed by atoms with Crippen LogP contribution < -0.4 is 0 Å². The number of amides is 1. The van der Waals surface area contributed by atoms with Gasteiger partial charge in [0.25, 0.3) is 5.91 Å². The number of ether oxygens (including phenoxy) is 1. The van der Waals surface area contributed by atoms with Crippen LogP contribution in [0, 0.1) is 22.7 Å². The normalized spacial score (nSPS) is 18.8. The topological polar surface area (TPSA) is 77.1 Å². The van der Waals surface area contributed by atoms with Gasteiger partial charge in [-0.05, 0) is 24.3 Å². The van der Waals surface area contributed by atoms with Gasteiger partial charge in [-0.3, -0.25) is 4.79 Å². The molecule has 0 bridgehead atoms. The Morgan fingerprint density at radius 3 is 2.67 bits per heavy atom. The fourth-order valence-corrected chi connectivity index (χ4v) is 1.78. The predicted molar refractivity (Wildman–Crippen MR) is 62.4 cm³/mol. The highest BCUT2D eigenvalue weighted by atomic mass is 16.5. The second-order valence-electron chi connectivity index (χ2n) is 3.93. The fraction of sp³-hybridized carbons (Fsp3) is 0.308. The Hall–Kier alpha value is -2.37. The summed E-state index contributed by atoms with van der Waals surface area (Å²) in [6.07, 6.45) is -0.555. The van der Waals surface area contributed by atoms with Crippen molar-refractivity contribution in [3.63, 3.8) is 0 Å². The molecule has 1 saturated heterocycles. The first-order valence-corrected chi connectivity index (χ1v) is 5.55. The molecule has 0 aliphatic carbocycles. The minimum Gasteiger partial charge on any atom is -0.360 e. The van der Waals surface area contributed by atoms with E-state index >= 15 is 0 Å². The van der Waals surface area contributed by atoms with Crippen LogP contribution in [0.2, 0.25) is 0 Å². The molecule has 1 aromatic carbocycles. The molecule has 1 atom stereocenters. The SMILES string of the molecule is N#Cc1ccc(C(=O)N2CCOC(C#N)C2)cc1. The molecule has 0 aromatic heterocycles. The summed E-state index contributed by atoms with van der Waals surface area (Å²) < 4.78 is 5.18. The van der Waals surface area contributed by atoms with E-state index in [0.29, 0.717) is 24.3 Å². The van der Waals surface area contributed by atoms with Crippen LogP contribution in [0.1, 0.15) is 15.9 Å². The Balaban J connectivity index is 2.11. The van der Waals surface area contributed by atoms with E-state index in [-0.39, 0.29) is 12.5 Å². The number of benzene rings is 1. The number of hydrogen-bond acceptors (Lipinski definition) is 4. The summed E-state index contributed by atoms with van der Waals surface area (Å²) in [4.78, 5) is 13.7. The second kappa shape index (κ2) is 5.31. The van der Waals surface area contributed by atoms with Crippen molar-refractivity contribution in [2.75, 3.05) is 19.7 Å². The van der Waals surface area contributed by atoms with Crippen LogP contribution in [0.3, 0.4) is 0 Å². The first-order valence-electron chi connectivity index (χ1n) is 5.55. The van der Waals surface area contributed by atoms with E-state index < -0.39 is 6.10 Å². The standard InChI is InChI=1S/C13H11N3O2/c14-7-10-1-3-11(4-2-10)13(17)16-5-6-18-12(8-15)9-16/h1-4,12H,5-6,9H2. The molecule has 5 nitrogen and oxygen atoms in total. The molecule has 1 heterocycles. The molecule has 1 aliphatic rings. The average molecular weight is 241 g/mol. The van der Waals surface area contributed by atoms with Crippen molar-refractivity contribution in [1.29, 1.82) is 10.5 Å². The molecular formula is C13H11N3O2. The van der Waals surface area contributed by atoms with Crippen LogP contribution >= 0.6 is 0 Å². The highest BCUT2D eigenvalue weighted by molar-refractivity contribution is 5.94. The molecule has 1 unspecified atom stereocenters. The third kappa shape index (κ3) is 2.48. The van der Waals surface area contributed by atoms with E-state index in [4.69, 9.17) is 15.3 Å². The van der Waals surface area contributed by atoms with E-state index in [0.717, 1.165) is 0 Å². The van der Waals surface area contributed by atoms with Gasteiger partial charge in [-0.2, -0.15) is 10.5 Å². The van der Waals surface area contributed by atoms with Gasteiger partial charge in [-0.15, -0.1) is 0 Å². The summed E-state index contributed by atoms with van der Waals surface area (Å²) in [6.45, 7) is 1.15. The zero-order chi connectivity index (χ0) is 13.0. The van der Waals surface area contributed by atoms with Crippen molar-refractivity contribution in [3.05, 3.63) is 35.4 Å². The van der Waals surface area contributed by atoms with Crippen LogP contribution in [-0.2, 0) is 4.74 Å². The molecule has 1 amide bonds. The monoisotopic (exact) mass is 241 g/mol. The van der Waals surface area contributed by atoms with Gasteiger partial charge in [0.2, 0.25) is 0 Å². The van der Waals surface area contributed by atoms with E-state index in [1.165, 1.54) is 0 Å². The Labute approximate surface area is 105 Å². The van der Waals surface area contributed by atoms with Gasteiger partial charge in [-0.1, -0.05) is 0 Å². The van der Waals surface area contributed by atoms with E-state index in [1.54, 1.807) is 29.2 Å². The first kappa shape index (κ1) is 12.1. The zero-order valence-corrected chi connectivity index (χ0v) is 9.67. The molecule has 1 aromatic rings. The van der Waals surface area contributed by atoms with Gasteiger partial charge in [-0.25, -0.2) is 0 Å². The van der Waals surface area contributed by atoms with Crippen molar-refractivity contribution in [2.24, 2.45) is 0 Å². The minimum atomic E-state index is -0.555. The number of rotatable bonds is 1. The summed E-state index contributed by atoms with van der Waals surface area (Å²) >= 11 is 0. The maximum Gasteiger partial charge on any atom is 0.254 e. The van der Waals surface area contributed by atoms with E-state index in [2.05, 4.69) is 0 Å². The Morgan fingerprint density at radius 1 is 1.33 bits per heavy atom. The Bertz CT molecular complexity index is 525. The second-order valence-corrected chi connectivity index (χ2v) is 3.93. The fourth-order valence-electron chi connectivity index (χ4n) is 1.78. The van der Waals surface area contributed by atoms with Crippen molar-refractivity contribution in [2.45, 2.75) is 6.10 Å². The molecule has 90 valence electrons. The number of carbonyl (C=O) groups excluding carboxylic acids is 1. The van der Waals surface area contributed by atoms with E-state index in [1.807, 2.05) is 12.1 Å². The lowest BCUT2D eigenvalue weighted by Gasteiger charge is -2.29. The number of nitrogens with zero attached hydrogens (tertiary/aromatic N) is 3. The largest absolute Gasteiger partial charge is 0.360 e. The maximum absolute atomic E-state index is 12.1. The van der Waals surface area contributed by atoms with Crippen molar-refractivity contribution in [3.8, 4) is 12.1 Å². The third-order valence-corrected chi connectivity index (χ3v) is 2.76. The summed E-state index contributed by atoms with van der Waals surface area (Å²) in [6, 6.07) is 10.5. The van der Waals surface area contributed by atoms with Crippen LogP contribution in [0.15, 0.2) is 24.3 Å². The number of hydrogen-bond donors (Lipinski definition) is 0. The Morgan fingerprint density at radius 2 is 2.06 bits per heavy atom. The smallest absolute Gasteiger partial charge is 0.254 e. The number of morpholine rings is 1. The summed E-state index contributed by atoms with van der Waals surface area (Å²) in [7, 11) is 0. The number of carbonyl (C=O) groups is 1. The molecule has 0 radical (unpaired) electrons. The molecule has 1 fully saturated rings. The summed E-state index contributed by atoms with van der Waals surface area (Å²) in [5, 5.41) is 17.5. The lowest BCUT2D eigenvalue weighted by Crippen LogP contribution is -2.45. The van der Waals surface area contributed by atoms with E-state index in [9.17, 15) is 4.79 Å². The lowest BCUT2D eigenvalue weighted by atomic mass is 10.1. The molecule has 0 N–H and O–H groups in total. The lowest BCUT2D eigenvalue weighted by molar-refractivity contribution is 0.00347. The van der Waals surface area contributed by atoms with Gasteiger partial charge in [0.05, 0.1) is 30.9 Å². The summed E-state index contributed by atoms with van der Waals surface area (Å²) in [5.74, 6) is -0.136. The minimum absolute atomic E-state index is 0.136. The van der Waals surface area contributed by atoms with Crippen LogP contribution in [0.25, 0.3) is 0 Å². The van der Waals surface area contributed by atoms with Crippen molar-refractivity contribution < 1.29 is 9.53 Å². The first-order chi connectivity index (χ1) is 8.74. The van der Waals surface area contributed by atoms with Gasteiger partial charge < -0.3 is 9.64 Å².